The summed E-state index contributed by atoms with van der Waals surface area (Å²) in [4.78, 5) is 0. The maximum Gasteiger partial charge on any atom is 0.416 e. The Balaban J connectivity index is 1.95. The van der Waals surface area contributed by atoms with Crippen molar-refractivity contribution in [2.75, 3.05) is 0 Å². The van der Waals surface area contributed by atoms with E-state index in [1.807, 2.05) is 18.2 Å². The summed E-state index contributed by atoms with van der Waals surface area (Å²) in [6.45, 7) is 3.71. The van der Waals surface area contributed by atoms with Gasteiger partial charge in [0.2, 0.25) is 0 Å². The average molecular weight is 318 g/mol. The summed E-state index contributed by atoms with van der Waals surface area (Å²) >= 11 is 0. The SMILES string of the molecule is C=CCCCCCc1ccc(-c2ccc(C(F)(F)F)cc2)cc1. The van der Waals surface area contributed by atoms with E-state index in [1.54, 1.807) is 0 Å². The van der Waals surface area contributed by atoms with Crippen molar-refractivity contribution in [1.29, 1.82) is 0 Å². The van der Waals surface area contributed by atoms with Gasteiger partial charge in [0.1, 0.15) is 0 Å². The van der Waals surface area contributed by atoms with Crippen molar-refractivity contribution < 1.29 is 13.2 Å². The molecule has 0 N–H and O–H groups in total. The van der Waals surface area contributed by atoms with Gasteiger partial charge in [0, 0.05) is 0 Å². The molecule has 122 valence electrons. The van der Waals surface area contributed by atoms with Crippen molar-refractivity contribution in [3.05, 3.63) is 72.3 Å². The molecule has 0 spiro atoms. The molecule has 0 aliphatic carbocycles. The number of hydrogen-bond acceptors (Lipinski definition) is 0. The van der Waals surface area contributed by atoms with E-state index in [0.717, 1.165) is 42.5 Å². The van der Waals surface area contributed by atoms with E-state index in [4.69, 9.17) is 0 Å². The lowest BCUT2D eigenvalue weighted by atomic mass is 10.00. The van der Waals surface area contributed by atoms with Gasteiger partial charge in [-0.15, -0.1) is 6.58 Å². The quantitative estimate of drug-likeness (QED) is 0.395. The number of benzene rings is 2. The Morgan fingerprint density at radius 2 is 1.35 bits per heavy atom. The molecule has 0 fully saturated rings. The Kier molecular flexibility index (Phi) is 6.03. The zero-order valence-electron chi connectivity index (χ0n) is 13.1. The zero-order chi connectivity index (χ0) is 16.7. The molecule has 0 aliphatic heterocycles. The lowest BCUT2D eigenvalue weighted by Crippen LogP contribution is -2.03. The van der Waals surface area contributed by atoms with Crippen LogP contribution in [0.3, 0.4) is 0 Å². The van der Waals surface area contributed by atoms with Gasteiger partial charge in [-0.25, -0.2) is 0 Å². The predicted octanol–water partition coefficient (Wildman–Crippen LogP) is 6.66. The van der Waals surface area contributed by atoms with Crippen molar-refractivity contribution >= 4 is 0 Å². The van der Waals surface area contributed by atoms with Gasteiger partial charge < -0.3 is 0 Å². The smallest absolute Gasteiger partial charge is 0.166 e. The number of alkyl halides is 3. The van der Waals surface area contributed by atoms with Crippen LogP contribution in [-0.2, 0) is 12.6 Å². The first-order valence-electron chi connectivity index (χ1n) is 7.88. The van der Waals surface area contributed by atoms with Gasteiger partial charge in [0.15, 0.2) is 0 Å². The fraction of sp³-hybridized carbons (Fsp3) is 0.300. The zero-order valence-corrected chi connectivity index (χ0v) is 13.1. The third kappa shape index (κ3) is 5.27. The van der Waals surface area contributed by atoms with Crippen LogP contribution in [0.2, 0.25) is 0 Å². The topological polar surface area (TPSA) is 0 Å². The van der Waals surface area contributed by atoms with Crippen LogP contribution >= 0.6 is 0 Å². The van der Waals surface area contributed by atoms with Crippen LogP contribution in [0.1, 0.15) is 36.8 Å². The highest BCUT2D eigenvalue weighted by molar-refractivity contribution is 5.64. The standard InChI is InChI=1S/C20H21F3/c1-2-3-4-5-6-7-16-8-10-17(11-9-16)18-12-14-19(15-13-18)20(21,22)23/h2,8-15H,1,3-7H2. The summed E-state index contributed by atoms with van der Waals surface area (Å²) in [6, 6.07) is 13.4. The minimum atomic E-state index is -4.28. The molecule has 0 amide bonds. The Morgan fingerprint density at radius 1 is 0.783 bits per heavy atom. The molecule has 0 nitrogen and oxygen atoms in total. The highest BCUT2D eigenvalue weighted by Gasteiger charge is 2.29. The fourth-order valence-corrected chi connectivity index (χ4v) is 2.51. The average Bonchev–Trinajstić information content (AvgIpc) is 2.55. The van der Waals surface area contributed by atoms with Crippen LogP contribution in [-0.4, -0.2) is 0 Å². The molecule has 0 unspecified atom stereocenters. The van der Waals surface area contributed by atoms with E-state index in [1.165, 1.54) is 30.5 Å². The molecule has 0 saturated heterocycles. The molecule has 0 atom stereocenters. The molecule has 0 heterocycles. The van der Waals surface area contributed by atoms with Crippen LogP contribution in [0.25, 0.3) is 11.1 Å². The second-order valence-electron chi connectivity index (χ2n) is 5.66. The Labute approximate surface area is 135 Å². The predicted molar refractivity (Wildman–Crippen MR) is 89.2 cm³/mol. The fourth-order valence-electron chi connectivity index (χ4n) is 2.51. The second kappa shape index (κ2) is 8.00. The molecule has 0 radical (unpaired) electrons. The van der Waals surface area contributed by atoms with Gasteiger partial charge in [0.25, 0.3) is 0 Å². The lowest BCUT2D eigenvalue weighted by molar-refractivity contribution is -0.137. The molecule has 2 aromatic carbocycles. The third-order valence-electron chi connectivity index (χ3n) is 3.87. The van der Waals surface area contributed by atoms with E-state index >= 15 is 0 Å². The summed E-state index contributed by atoms with van der Waals surface area (Å²) in [5.41, 5.74) is 2.39. The van der Waals surface area contributed by atoms with E-state index in [2.05, 4.69) is 18.7 Å². The number of unbranched alkanes of at least 4 members (excludes halogenated alkanes) is 3. The van der Waals surface area contributed by atoms with Crippen molar-refractivity contribution in [1.82, 2.24) is 0 Å². The minimum Gasteiger partial charge on any atom is -0.166 e. The first kappa shape index (κ1) is 17.3. The number of hydrogen-bond donors (Lipinski definition) is 0. The maximum absolute atomic E-state index is 12.6. The summed E-state index contributed by atoms with van der Waals surface area (Å²) in [5, 5.41) is 0. The number of aryl methyl sites for hydroxylation is 1. The first-order chi connectivity index (χ1) is 11.0. The van der Waals surface area contributed by atoms with Gasteiger partial charge in [-0.1, -0.05) is 48.9 Å². The maximum atomic E-state index is 12.6. The van der Waals surface area contributed by atoms with Gasteiger partial charge in [-0.05, 0) is 54.5 Å². The van der Waals surface area contributed by atoms with E-state index in [-0.39, 0.29) is 0 Å². The monoisotopic (exact) mass is 318 g/mol. The molecule has 3 heteroatoms. The highest BCUT2D eigenvalue weighted by atomic mass is 19.4. The molecule has 2 rings (SSSR count). The molecule has 2 aromatic rings. The van der Waals surface area contributed by atoms with E-state index in [9.17, 15) is 13.2 Å². The number of rotatable bonds is 7. The minimum absolute atomic E-state index is 0.614. The molecule has 0 aliphatic rings. The Bertz CT molecular complexity index is 607. The van der Waals surface area contributed by atoms with Gasteiger partial charge in [0.05, 0.1) is 5.56 Å². The number of halogens is 3. The number of allylic oxidation sites excluding steroid dienone is 1. The van der Waals surface area contributed by atoms with Crippen LogP contribution in [0, 0.1) is 0 Å². The van der Waals surface area contributed by atoms with E-state index < -0.39 is 11.7 Å². The van der Waals surface area contributed by atoms with Crippen molar-refractivity contribution in [3.8, 4) is 11.1 Å². The summed E-state index contributed by atoms with van der Waals surface area (Å²) in [5.74, 6) is 0. The van der Waals surface area contributed by atoms with Crippen LogP contribution in [0.5, 0.6) is 0 Å². The molecular weight excluding hydrogens is 297 g/mol. The largest absolute Gasteiger partial charge is 0.416 e. The molecule has 0 aromatic heterocycles. The molecular formula is C20H21F3. The van der Waals surface area contributed by atoms with Gasteiger partial charge in [-0.2, -0.15) is 13.2 Å². The normalized spacial score (nSPS) is 11.4. The first-order valence-corrected chi connectivity index (χ1v) is 7.88. The highest BCUT2D eigenvalue weighted by Crippen LogP contribution is 2.31. The second-order valence-corrected chi connectivity index (χ2v) is 5.66. The van der Waals surface area contributed by atoms with Crippen molar-refractivity contribution in [2.45, 2.75) is 38.3 Å². The van der Waals surface area contributed by atoms with Crippen molar-refractivity contribution in [2.24, 2.45) is 0 Å². The molecule has 23 heavy (non-hydrogen) atoms. The van der Waals surface area contributed by atoms with Gasteiger partial charge in [-0.3, -0.25) is 0 Å². The van der Waals surface area contributed by atoms with Gasteiger partial charge >= 0.3 is 6.18 Å². The van der Waals surface area contributed by atoms with Crippen molar-refractivity contribution in [3.63, 3.8) is 0 Å². The van der Waals surface area contributed by atoms with Crippen LogP contribution in [0.4, 0.5) is 13.2 Å². The lowest BCUT2D eigenvalue weighted by Gasteiger charge is -2.08. The van der Waals surface area contributed by atoms with Crippen LogP contribution < -0.4 is 0 Å². The summed E-state index contributed by atoms with van der Waals surface area (Å²) in [6.07, 6.45) is 3.26. The van der Waals surface area contributed by atoms with Crippen LogP contribution in [0.15, 0.2) is 61.2 Å². The van der Waals surface area contributed by atoms with E-state index in [0.29, 0.717) is 0 Å². The Hall–Kier alpha value is -2.03. The molecule has 0 bridgehead atoms. The Morgan fingerprint density at radius 3 is 1.87 bits per heavy atom. The summed E-state index contributed by atoms with van der Waals surface area (Å²) in [7, 11) is 0. The summed E-state index contributed by atoms with van der Waals surface area (Å²) < 4.78 is 37.7. The molecule has 0 saturated carbocycles. The third-order valence-corrected chi connectivity index (χ3v) is 3.87.